The number of aromatic nitrogens is 2. The number of aryl methyl sites for hydroxylation is 1. The molecular formula is C26H24FN3O4. The highest BCUT2D eigenvalue weighted by atomic mass is 19.1. The number of esters is 1. The van der Waals surface area contributed by atoms with Gasteiger partial charge in [0.15, 0.2) is 6.10 Å². The van der Waals surface area contributed by atoms with Gasteiger partial charge in [-0.3, -0.25) is 4.79 Å². The number of cyclic esters (lactones) is 1. The van der Waals surface area contributed by atoms with Gasteiger partial charge in [0.05, 0.1) is 29.0 Å². The summed E-state index contributed by atoms with van der Waals surface area (Å²) in [5.74, 6) is -1.02. The molecule has 1 aromatic carbocycles. The minimum Gasteiger partial charge on any atom is -0.458 e. The van der Waals surface area contributed by atoms with Crippen LogP contribution < -0.4 is 10.9 Å². The van der Waals surface area contributed by atoms with Gasteiger partial charge in [-0.15, -0.1) is 0 Å². The van der Waals surface area contributed by atoms with E-state index < -0.39 is 12.1 Å². The van der Waals surface area contributed by atoms with Crippen LogP contribution in [0.25, 0.3) is 22.3 Å². The third-order valence-corrected chi connectivity index (χ3v) is 8.52. The summed E-state index contributed by atoms with van der Waals surface area (Å²) in [7, 11) is 0. The van der Waals surface area contributed by atoms with Crippen LogP contribution in [0.2, 0.25) is 0 Å². The highest BCUT2D eigenvalue weighted by Crippen LogP contribution is 2.51. The molecular weight excluding hydrogens is 437 g/mol. The molecule has 3 aliphatic heterocycles. The number of aliphatic hydroxyl groups is 1. The molecule has 7 nitrogen and oxygen atoms in total. The molecule has 5 heterocycles. The van der Waals surface area contributed by atoms with Crippen LogP contribution in [0.15, 0.2) is 16.9 Å². The molecule has 0 bridgehead atoms. The molecule has 2 N–H and O–H groups in total. The summed E-state index contributed by atoms with van der Waals surface area (Å²) in [6, 6.07) is 3.21. The smallest absolute Gasteiger partial charge is 0.340 e. The number of hydrogen-bond acceptors (Lipinski definition) is 6. The van der Waals surface area contributed by atoms with Gasteiger partial charge in [-0.2, -0.15) is 0 Å². The lowest BCUT2D eigenvalue weighted by molar-refractivity contribution is -0.157. The fourth-order valence-electron chi connectivity index (χ4n) is 6.73. The largest absolute Gasteiger partial charge is 0.458 e. The van der Waals surface area contributed by atoms with Crippen molar-refractivity contribution in [2.45, 2.75) is 57.3 Å². The van der Waals surface area contributed by atoms with Crippen LogP contribution in [0, 0.1) is 12.7 Å². The molecule has 34 heavy (non-hydrogen) atoms. The Labute approximate surface area is 194 Å². The number of ether oxygens (including phenoxy) is 1. The molecule has 1 atom stereocenters. The highest BCUT2D eigenvalue weighted by Gasteiger charge is 2.44. The van der Waals surface area contributed by atoms with Gasteiger partial charge in [0.1, 0.15) is 12.4 Å². The highest BCUT2D eigenvalue weighted by molar-refractivity contribution is 5.93. The summed E-state index contributed by atoms with van der Waals surface area (Å²) in [5.41, 5.74) is 6.05. The molecule has 7 rings (SSSR count). The van der Waals surface area contributed by atoms with E-state index in [4.69, 9.17) is 9.72 Å². The number of rotatable bonds is 0. The summed E-state index contributed by atoms with van der Waals surface area (Å²) in [5, 5.41) is 14.9. The maximum atomic E-state index is 14.9. The second kappa shape index (κ2) is 6.73. The zero-order valence-electron chi connectivity index (χ0n) is 18.8. The molecule has 1 unspecified atom stereocenters. The van der Waals surface area contributed by atoms with E-state index in [2.05, 4.69) is 5.32 Å². The fraction of sp³-hybridized carbons (Fsp3) is 0.423. The van der Waals surface area contributed by atoms with Gasteiger partial charge >= 0.3 is 5.97 Å². The van der Waals surface area contributed by atoms with Crippen LogP contribution in [0.1, 0.15) is 58.7 Å². The van der Waals surface area contributed by atoms with Crippen LogP contribution >= 0.6 is 0 Å². The second-order valence-electron chi connectivity index (χ2n) is 10.1. The summed E-state index contributed by atoms with van der Waals surface area (Å²) >= 11 is 0. The molecule has 1 aliphatic carbocycles. The van der Waals surface area contributed by atoms with E-state index >= 15 is 0 Å². The van der Waals surface area contributed by atoms with Gasteiger partial charge in [-0.05, 0) is 73.9 Å². The first-order valence-corrected chi connectivity index (χ1v) is 11.9. The van der Waals surface area contributed by atoms with E-state index in [1.165, 1.54) is 11.6 Å². The number of piperidine rings is 1. The van der Waals surface area contributed by atoms with Crippen molar-refractivity contribution in [1.82, 2.24) is 14.9 Å². The maximum absolute atomic E-state index is 14.9. The van der Waals surface area contributed by atoms with Crippen LogP contribution in [0.5, 0.6) is 0 Å². The molecule has 2 aromatic heterocycles. The molecule has 1 spiro atoms. The van der Waals surface area contributed by atoms with Crippen molar-refractivity contribution in [2.75, 3.05) is 13.1 Å². The van der Waals surface area contributed by atoms with Crippen molar-refractivity contribution in [1.29, 1.82) is 0 Å². The lowest BCUT2D eigenvalue weighted by Crippen LogP contribution is -2.42. The van der Waals surface area contributed by atoms with E-state index in [0.717, 1.165) is 55.3 Å². The van der Waals surface area contributed by atoms with Crippen molar-refractivity contribution >= 4 is 16.9 Å². The van der Waals surface area contributed by atoms with Gasteiger partial charge in [0.25, 0.3) is 5.56 Å². The zero-order chi connectivity index (χ0) is 23.4. The van der Waals surface area contributed by atoms with Crippen LogP contribution in [-0.2, 0) is 34.5 Å². The monoisotopic (exact) mass is 461 g/mol. The van der Waals surface area contributed by atoms with E-state index in [0.29, 0.717) is 34.6 Å². The van der Waals surface area contributed by atoms with E-state index in [-0.39, 0.29) is 29.0 Å². The predicted molar refractivity (Wildman–Crippen MR) is 122 cm³/mol. The first-order valence-electron chi connectivity index (χ1n) is 11.9. The standard InChI is InChI=1S/C26H24FN3O4/c1-12-13-2-3-26(4-6-28-7-5-26)21-15-10-30-19(22(15)29-18(20(13)21)9-17(12)27)8-14-16(24(30)32)11-34-25(33)23(14)31/h8-9,23,28,31H,2-7,10-11H2,1H3. The minimum absolute atomic E-state index is 0.0440. The Kier molecular flexibility index (Phi) is 4.02. The number of halogens is 1. The number of hydrogen-bond donors (Lipinski definition) is 2. The average Bonchev–Trinajstić information content (AvgIpc) is 3.20. The van der Waals surface area contributed by atoms with Crippen LogP contribution in [0.4, 0.5) is 4.39 Å². The Morgan fingerprint density at radius 3 is 2.76 bits per heavy atom. The Morgan fingerprint density at radius 1 is 1.18 bits per heavy atom. The van der Waals surface area contributed by atoms with Gasteiger partial charge in [-0.1, -0.05) is 0 Å². The first kappa shape index (κ1) is 20.3. The lowest BCUT2D eigenvalue weighted by Gasteiger charge is -2.43. The topological polar surface area (TPSA) is 93.5 Å². The quantitative estimate of drug-likeness (QED) is 0.391. The molecule has 174 valence electrons. The normalized spacial score (nSPS) is 21.9. The van der Waals surface area contributed by atoms with Crippen molar-refractivity contribution < 1.29 is 19.0 Å². The third kappa shape index (κ3) is 2.45. The first-order chi connectivity index (χ1) is 16.4. The Morgan fingerprint density at radius 2 is 1.97 bits per heavy atom. The third-order valence-electron chi connectivity index (χ3n) is 8.52. The van der Waals surface area contributed by atoms with E-state index in [1.54, 1.807) is 10.6 Å². The van der Waals surface area contributed by atoms with Crippen molar-refractivity contribution in [3.8, 4) is 11.4 Å². The summed E-state index contributed by atoms with van der Waals surface area (Å²) in [6.45, 7) is 3.91. The Hall–Kier alpha value is -3.10. The van der Waals surface area contributed by atoms with Gasteiger partial charge in [0.2, 0.25) is 0 Å². The van der Waals surface area contributed by atoms with Crippen molar-refractivity contribution in [2.24, 2.45) is 0 Å². The Bertz CT molecular complexity index is 1500. The number of carbonyl (C=O) groups is 1. The summed E-state index contributed by atoms with van der Waals surface area (Å²) < 4.78 is 21.6. The molecule has 4 aliphatic rings. The molecule has 0 radical (unpaired) electrons. The maximum Gasteiger partial charge on any atom is 0.340 e. The van der Waals surface area contributed by atoms with Gasteiger partial charge in [0, 0.05) is 22.6 Å². The minimum atomic E-state index is -1.49. The molecule has 1 fully saturated rings. The van der Waals surface area contributed by atoms with E-state index in [9.17, 15) is 19.1 Å². The number of carbonyl (C=O) groups excluding carboxylic acids is 1. The zero-order valence-corrected chi connectivity index (χ0v) is 18.8. The lowest BCUT2D eigenvalue weighted by atomic mass is 9.63. The SMILES string of the molecule is Cc1c(F)cc2nc3c(c4c2c1CCC41CCNCC1)Cn1c-3cc2c(c1=O)COC(=O)C2O. The number of nitrogens with one attached hydrogen (secondary N) is 1. The summed E-state index contributed by atoms with van der Waals surface area (Å²) in [6.07, 6.45) is 2.24. The predicted octanol–water partition coefficient (Wildman–Crippen LogP) is 2.53. The molecule has 0 saturated carbocycles. The summed E-state index contributed by atoms with van der Waals surface area (Å²) in [4.78, 5) is 30.3. The number of nitrogens with zero attached hydrogens (tertiary/aromatic N) is 2. The Balaban J connectivity index is 1.57. The number of benzene rings is 1. The molecule has 1 saturated heterocycles. The van der Waals surface area contributed by atoms with E-state index in [1.807, 2.05) is 6.92 Å². The van der Waals surface area contributed by atoms with Crippen LogP contribution in [0.3, 0.4) is 0 Å². The van der Waals surface area contributed by atoms with Crippen molar-refractivity contribution in [3.05, 3.63) is 61.7 Å². The number of fused-ring (bicyclic) bond motifs is 6. The van der Waals surface area contributed by atoms with Crippen LogP contribution in [-0.4, -0.2) is 33.7 Å². The number of aliphatic hydroxyl groups excluding tert-OH is 1. The van der Waals surface area contributed by atoms with Gasteiger partial charge < -0.3 is 19.7 Å². The molecule has 3 aromatic rings. The molecule has 8 heteroatoms. The second-order valence-corrected chi connectivity index (χ2v) is 10.1. The fourth-order valence-corrected chi connectivity index (χ4v) is 6.73. The molecule has 0 amide bonds. The van der Waals surface area contributed by atoms with Gasteiger partial charge in [-0.25, -0.2) is 14.2 Å². The number of pyridine rings is 2. The van der Waals surface area contributed by atoms with Crippen molar-refractivity contribution in [3.63, 3.8) is 0 Å². The average molecular weight is 461 g/mol.